The van der Waals surface area contributed by atoms with Crippen LogP contribution in [0.3, 0.4) is 0 Å². The zero-order chi connectivity index (χ0) is 11.2. The van der Waals surface area contributed by atoms with Gasteiger partial charge in [-0.1, -0.05) is 19.3 Å². The maximum Gasteiger partial charge on any atom is 0.0569 e. The van der Waals surface area contributed by atoms with Crippen LogP contribution in [-0.2, 0) is 4.74 Å². The highest BCUT2D eigenvalue weighted by Gasteiger charge is 2.24. The summed E-state index contributed by atoms with van der Waals surface area (Å²) < 4.78 is 7.35. The quantitative estimate of drug-likeness (QED) is 0.765. The number of methoxy groups -OCH3 is 1. The second kappa shape index (κ2) is 6.04. The molecule has 1 aliphatic carbocycles. The Morgan fingerprint density at radius 3 is 2.81 bits per heavy atom. The highest BCUT2D eigenvalue weighted by Crippen LogP contribution is 2.34. The Morgan fingerprint density at radius 2 is 2.19 bits per heavy atom. The molecule has 1 heterocycles. The smallest absolute Gasteiger partial charge is 0.0569 e. The van der Waals surface area contributed by atoms with E-state index in [1.807, 2.05) is 12.3 Å². The fourth-order valence-electron chi connectivity index (χ4n) is 2.82. The van der Waals surface area contributed by atoms with Crippen molar-refractivity contribution in [1.82, 2.24) is 9.78 Å². The van der Waals surface area contributed by atoms with Crippen molar-refractivity contribution in [2.45, 2.75) is 44.6 Å². The first kappa shape index (κ1) is 11.6. The summed E-state index contributed by atoms with van der Waals surface area (Å²) >= 11 is 0. The molecule has 1 aliphatic rings. The van der Waals surface area contributed by atoms with Crippen LogP contribution in [0, 0.1) is 5.92 Å². The van der Waals surface area contributed by atoms with Crippen LogP contribution in [0.1, 0.15) is 44.6 Å². The predicted octanol–water partition coefficient (Wildman–Crippen LogP) is 3.04. The standard InChI is InChI=1S/C13H22N2O/c1-16-11-8-13(15-10-5-9-14-15)12-6-3-2-4-7-12/h5,9-10,12-13H,2-4,6-8,11H2,1H3. The lowest BCUT2D eigenvalue weighted by atomic mass is 9.83. The Kier molecular flexibility index (Phi) is 4.40. The van der Waals surface area contributed by atoms with Crippen molar-refractivity contribution < 1.29 is 4.74 Å². The van der Waals surface area contributed by atoms with E-state index in [2.05, 4.69) is 16.0 Å². The fraction of sp³-hybridized carbons (Fsp3) is 0.769. The first-order valence-electron chi connectivity index (χ1n) is 6.40. The number of aromatic nitrogens is 2. The second-order valence-corrected chi connectivity index (χ2v) is 4.73. The minimum atomic E-state index is 0.537. The Balaban J connectivity index is 2.01. The normalized spacial score (nSPS) is 19.8. The molecule has 3 nitrogen and oxygen atoms in total. The largest absolute Gasteiger partial charge is 0.385 e. The Labute approximate surface area is 97.8 Å². The molecular weight excluding hydrogens is 200 g/mol. The maximum absolute atomic E-state index is 5.22. The SMILES string of the molecule is COCCC(C1CCCCC1)n1cccn1. The van der Waals surface area contributed by atoms with Gasteiger partial charge in [-0.05, 0) is 31.2 Å². The second-order valence-electron chi connectivity index (χ2n) is 4.73. The van der Waals surface area contributed by atoms with Gasteiger partial charge in [0, 0.05) is 26.1 Å². The Morgan fingerprint density at radius 1 is 1.38 bits per heavy atom. The Bertz CT molecular complexity index is 278. The molecule has 2 rings (SSSR count). The molecule has 1 fully saturated rings. The number of hydrogen-bond acceptors (Lipinski definition) is 2. The molecule has 1 aromatic rings. The molecule has 1 saturated carbocycles. The van der Waals surface area contributed by atoms with E-state index in [9.17, 15) is 0 Å². The molecule has 1 aromatic heterocycles. The van der Waals surface area contributed by atoms with Gasteiger partial charge in [0.25, 0.3) is 0 Å². The summed E-state index contributed by atoms with van der Waals surface area (Å²) in [6.45, 7) is 0.834. The molecule has 0 aliphatic heterocycles. The minimum absolute atomic E-state index is 0.537. The van der Waals surface area contributed by atoms with E-state index < -0.39 is 0 Å². The van der Waals surface area contributed by atoms with Gasteiger partial charge in [0.1, 0.15) is 0 Å². The molecule has 16 heavy (non-hydrogen) atoms. The average molecular weight is 222 g/mol. The number of rotatable bonds is 5. The molecule has 90 valence electrons. The summed E-state index contributed by atoms with van der Waals surface area (Å²) in [5, 5.41) is 4.41. The molecule has 0 N–H and O–H groups in total. The maximum atomic E-state index is 5.22. The molecular formula is C13H22N2O. The van der Waals surface area contributed by atoms with Gasteiger partial charge in [0.2, 0.25) is 0 Å². The van der Waals surface area contributed by atoms with Crippen molar-refractivity contribution in [2.75, 3.05) is 13.7 Å². The van der Waals surface area contributed by atoms with E-state index in [1.54, 1.807) is 7.11 Å². The van der Waals surface area contributed by atoms with Gasteiger partial charge >= 0.3 is 0 Å². The average Bonchev–Trinajstić information content (AvgIpc) is 2.85. The van der Waals surface area contributed by atoms with Crippen molar-refractivity contribution in [3.63, 3.8) is 0 Å². The first-order chi connectivity index (χ1) is 7.92. The van der Waals surface area contributed by atoms with Crippen LogP contribution < -0.4 is 0 Å². The predicted molar refractivity (Wildman–Crippen MR) is 64.3 cm³/mol. The van der Waals surface area contributed by atoms with Crippen molar-refractivity contribution in [1.29, 1.82) is 0 Å². The van der Waals surface area contributed by atoms with E-state index in [1.165, 1.54) is 32.1 Å². The third-order valence-corrected chi connectivity index (χ3v) is 3.68. The molecule has 0 radical (unpaired) electrons. The van der Waals surface area contributed by atoms with Crippen molar-refractivity contribution in [3.8, 4) is 0 Å². The lowest BCUT2D eigenvalue weighted by Gasteiger charge is -2.30. The van der Waals surface area contributed by atoms with Crippen LogP contribution in [0.5, 0.6) is 0 Å². The van der Waals surface area contributed by atoms with E-state index in [4.69, 9.17) is 4.74 Å². The summed E-state index contributed by atoms with van der Waals surface area (Å²) in [6, 6.07) is 2.55. The molecule has 1 atom stereocenters. The van der Waals surface area contributed by atoms with Crippen LogP contribution in [0.4, 0.5) is 0 Å². The Hall–Kier alpha value is -0.830. The topological polar surface area (TPSA) is 27.1 Å². The summed E-state index contributed by atoms with van der Waals surface area (Å²) in [5.74, 6) is 0.795. The zero-order valence-corrected chi connectivity index (χ0v) is 10.1. The van der Waals surface area contributed by atoms with E-state index in [0.717, 1.165) is 18.9 Å². The van der Waals surface area contributed by atoms with E-state index >= 15 is 0 Å². The van der Waals surface area contributed by atoms with E-state index in [-0.39, 0.29) is 0 Å². The summed E-state index contributed by atoms with van der Waals surface area (Å²) in [7, 11) is 1.78. The van der Waals surface area contributed by atoms with E-state index in [0.29, 0.717) is 6.04 Å². The van der Waals surface area contributed by atoms with Gasteiger partial charge in [-0.3, -0.25) is 4.68 Å². The van der Waals surface area contributed by atoms with Crippen molar-refractivity contribution in [2.24, 2.45) is 5.92 Å². The van der Waals surface area contributed by atoms with Crippen LogP contribution in [0.2, 0.25) is 0 Å². The fourth-order valence-corrected chi connectivity index (χ4v) is 2.82. The molecule has 0 spiro atoms. The lowest BCUT2D eigenvalue weighted by molar-refractivity contribution is 0.143. The van der Waals surface area contributed by atoms with Gasteiger partial charge in [-0.2, -0.15) is 5.10 Å². The van der Waals surface area contributed by atoms with Gasteiger partial charge in [-0.15, -0.1) is 0 Å². The van der Waals surface area contributed by atoms with Gasteiger partial charge in [-0.25, -0.2) is 0 Å². The molecule has 0 bridgehead atoms. The van der Waals surface area contributed by atoms with Crippen LogP contribution >= 0.6 is 0 Å². The summed E-state index contributed by atoms with van der Waals surface area (Å²) in [5.41, 5.74) is 0. The van der Waals surface area contributed by atoms with Crippen molar-refractivity contribution >= 4 is 0 Å². The number of ether oxygens (including phenoxy) is 1. The number of nitrogens with zero attached hydrogens (tertiary/aromatic N) is 2. The van der Waals surface area contributed by atoms with Gasteiger partial charge in [0.15, 0.2) is 0 Å². The monoisotopic (exact) mass is 222 g/mol. The highest BCUT2D eigenvalue weighted by atomic mass is 16.5. The molecule has 3 heteroatoms. The van der Waals surface area contributed by atoms with Gasteiger partial charge in [0.05, 0.1) is 6.04 Å². The number of hydrogen-bond donors (Lipinski definition) is 0. The molecule has 0 saturated heterocycles. The molecule has 0 amide bonds. The zero-order valence-electron chi connectivity index (χ0n) is 10.1. The summed E-state index contributed by atoms with van der Waals surface area (Å²) in [4.78, 5) is 0. The van der Waals surface area contributed by atoms with Crippen LogP contribution in [0.15, 0.2) is 18.5 Å². The highest BCUT2D eigenvalue weighted by molar-refractivity contribution is 4.85. The minimum Gasteiger partial charge on any atom is -0.385 e. The third-order valence-electron chi connectivity index (χ3n) is 3.68. The molecule has 1 unspecified atom stereocenters. The molecule has 0 aromatic carbocycles. The van der Waals surface area contributed by atoms with Crippen LogP contribution in [0.25, 0.3) is 0 Å². The first-order valence-corrected chi connectivity index (χ1v) is 6.40. The summed E-state index contributed by atoms with van der Waals surface area (Å²) in [6.07, 6.45) is 11.9. The van der Waals surface area contributed by atoms with Gasteiger partial charge < -0.3 is 4.74 Å². The lowest BCUT2D eigenvalue weighted by Crippen LogP contribution is -2.23. The van der Waals surface area contributed by atoms with Crippen LogP contribution in [-0.4, -0.2) is 23.5 Å². The third kappa shape index (κ3) is 2.85. The van der Waals surface area contributed by atoms with Crippen molar-refractivity contribution in [3.05, 3.63) is 18.5 Å².